The van der Waals surface area contributed by atoms with Crippen molar-refractivity contribution >= 4 is 11.8 Å². The van der Waals surface area contributed by atoms with Gasteiger partial charge in [-0.15, -0.1) is 0 Å². The van der Waals surface area contributed by atoms with Gasteiger partial charge in [0.1, 0.15) is 0 Å². The van der Waals surface area contributed by atoms with Crippen LogP contribution in [0.3, 0.4) is 0 Å². The third-order valence-electron chi connectivity index (χ3n) is 4.75. The molecule has 2 N–H and O–H groups in total. The maximum atomic E-state index is 12.4. The monoisotopic (exact) mass is 381 g/mol. The van der Waals surface area contributed by atoms with Gasteiger partial charge in [-0.2, -0.15) is 0 Å². The number of nitrogens with zero attached hydrogens (tertiary/aromatic N) is 1. The Balaban J connectivity index is 1.45. The lowest BCUT2D eigenvalue weighted by molar-refractivity contribution is 0.0383. The minimum absolute atomic E-state index is 0.160. The number of hydrogen-bond donors (Lipinski definition) is 2. The summed E-state index contributed by atoms with van der Waals surface area (Å²) in [5, 5.41) is 5.83. The van der Waals surface area contributed by atoms with E-state index in [1.807, 2.05) is 30.3 Å². The largest absolute Gasteiger partial charge is 0.379 e. The van der Waals surface area contributed by atoms with Crippen LogP contribution in [0.5, 0.6) is 0 Å². The molecule has 1 fully saturated rings. The highest BCUT2D eigenvalue weighted by molar-refractivity contribution is 5.99. The molecule has 0 saturated carbocycles. The van der Waals surface area contributed by atoms with Crippen LogP contribution in [0.25, 0.3) is 0 Å². The fourth-order valence-electron chi connectivity index (χ4n) is 3.12. The van der Waals surface area contributed by atoms with Crippen LogP contribution >= 0.6 is 0 Å². The zero-order valence-corrected chi connectivity index (χ0v) is 16.0. The number of nitrogens with one attached hydrogen (secondary N) is 2. The van der Waals surface area contributed by atoms with Crippen molar-refractivity contribution in [1.29, 1.82) is 0 Å². The molecule has 2 amide bonds. The molecule has 3 rings (SSSR count). The first-order valence-electron chi connectivity index (χ1n) is 9.73. The van der Waals surface area contributed by atoms with Crippen LogP contribution in [0.2, 0.25) is 0 Å². The molecule has 0 aliphatic carbocycles. The smallest absolute Gasteiger partial charge is 0.251 e. The Hall–Kier alpha value is -2.70. The summed E-state index contributed by atoms with van der Waals surface area (Å²) in [7, 11) is 0. The number of rotatable bonds is 8. The van der Waals surface area contributed by atoms with E-state index < -0.39 is 0 Å². The van der Waals surface area contributed by atoms with E-state index in [1.54, 1.807) is 24.3 Å². The maximum absolute atomic E-state index is 12.4. The molecule has 2 aromatic carbocycles. The van der Waals surface area contributed by atoms with Crippen LogP contribution in [0.1, 0.15) is 26.3 Å². The van der Waals surface area contributed by atoms with Gasteiger partial charge in [-0.1, -0.05) is 36.4 Å². The van der Waals surface area contributed by atoms with Crippen molar-refractivity contribution in [3.8, 4) is 0 Å². The van der Waals surface area contributed by atoms with Crippen LogP contribution in [0.4, 0.5) is 0 Å². The van der Waals surface area contributed by atoms with Gasteiger partial charge < -0.3 is 15.4 Å². The molecular weight excluding hydrogens is 354 g/mol. The van der Waals surface area contributed by atoms with Crippen molar-refractivity contribution in [1.82, 2.24) is 15.5 Å². The van der Waals surface area contributed by atoms with Gasteiger partial charge in [0.2, 0.25) is 0 Å². The lowest BCUT2D eigenvalue weighted by Gasteiger charge is -2.26. The molecule has 0 unspecified atom stereocenters. The number of ether oxygens (including phenoxy) is 1. The summed E-state index contributed by atoms with van der Waals surface area (Å²) in [4.78, 5) is 27.0. The molecule has 2 aromatic rings. The minimum atomic E-state index is -0.168. The molecule has 1 aliphatic heterocycles. The number of carbonyl (C=O) groups excluding carboxylic acids is 2. The highest BCUT2D eigenvalue weighted by Gasteiger charge is 2.12. The van der Waals surface area contributed by atoms with Gasteiger partial charge in [0.05, 0.1) is 13.2 Å². The van der Waals surface area contributed by atoms with E-state index in [-0.39, 0.29) is 11.8 Å². The molecule has 1 heterocycles. The summed E-state index contributed by atoms with van der Waals surface area (Å²) in [5.74, 6) is -0.328. The van der Waals surface area contributed by atoms with Crippen molar-refractivity contribution < 1.29 is 14.3 Å². The fraction of sp³-hybridized carbons (Fsp3) is 0.364. The van der Waals surface area contributed by atoms with E-state index in [0.29, 0.717) is 24.2 Å². The van der Waals surface area contributed by atoms with Gasteiger partial charge in [0, 0.05) is 43.9 Å². The second-order valence-corrected chi connectivity index (χ2v) is 6.78. The number of amides is 2. The summed E-state index contributed by atoms with van der Waals surface area (Å²) in [5.41, 5.74) is 2.17. The Labute approximate surface area is 165 Å². The predicted octanol–water partition coefficient (Wildman–Crippen LogP) is 1.72. The Bertz CT molecular complexity index is 774. The molecule has 0 bridgehead atoms. The second-order valence-electron chi connectivity index (χ2n) is 6.78. The van der Waals surface area contributed by atoms with Gasteiger partial charge in [-0.05, 0) is 30.2 Å². The van der Waals surface area contributed by atoms with E-state index in [1.165, 1.54) is 5.56 Å². The van der Waals surface area contributed by atoms with Crippen LogP contribution in [-0.4, -0.2) is 62.7 Å². The van der Waals surface area contributed by atoms with Crippen LogP contribution < -0.4 is 10.6 Å². The quantitative estimate of drug-likeness (QED) is 0.731. The SMILES string of the molecule is O=C(NCCc1ccccc1)c1cccc(C(=O)NCCN2CCOCC2)c1. The minimum Gasteiger partial charge on any atom is -0.379 e. The molecule has 6 heteroatoms. The maximum Gasteiger partial charge on any atom is 0.251 e. The number of carbonyl (C=O) groups is 2. The van der Waals surface area contributed by atoms with E-state index in [2.05, 4.69) is 15.5 Å². The van der Waals surface area contributed by atoms with E-state index in [4.69, 9.17) is 4.74 Å². The first-order valence-corrected chi connectivity index (χ1v) is 9.73. The molecule has 28 heavy (non-hydrogen) atoms. The van der Waals surface area contributed by atoms with Gasteiger partial charge >= 0.3 is 0 Å². The number of benzene rings is 2. The topological polar surface area (TPSA) is 70.7 Å². The second kappa shape index (κ2) is 10.6. The van der Waals surface area contributed by atoms with E-state index >= 15 is 0 Å². The summed E-state index contributed by atoms with van der Waals surface area (Å²) in [6.07, 6.45) is 0.772. The molecule has 0 radical (unpaired) electrons. The third kappa shape index (κ3) is 6.18. The summed E-state index contributed by atoms with van der Waals surface area (Å²) in [6.45, 7) is 5.22. The average Bonchev–Trinajstić information content (AvgIpc) is 2.75. The zero-order chi connectivity index (χ0) is 19.6. The summed E-state index contributed by atoms with van der Waals surface area (Å²) in [6, 6.07) is 16.8. The average molecular weight is 381 g/mol. The van der Waals surface area contributed by atoms with Crippen LogP contribution in [-0.2, 0) is 11.2 Å². The van der Waals surface area contributed by atoms with Crippen molar-refractivity contribution in [3.05, 3.63) is 71.3 Å². The Morgan fingerprint density at radius 3 is 2.18 bits per heavy atom. The molecular formula is C22H27N3O3. The van der Waals surface area contributed by atoms with Crippen molar-refractivity contribution in [2.75, 3.05) is 45.9 Å². The van der Waals surface area contributed by atoms with E-state index in [0.717, 1.165) is 39.3 Å². The fourth-order valence-corrected chi connectivity index (χ4v) is 3.12. The standard InChI is InChI=1S/C22H27N3O3/c26-21(23-10-9-18-5-2-1-3-6-18)19-7-4-8-20(17-19)22(27)24-11-12-25-13-15-28-16-14-25/h1-8,17H,9-16H2,(H,23,26)(H,24,27). The van der Waals surface area contributed by atoms with Crippen molar-refractivity contribution in [3.63, 3.8) is 0 Å². The molecule has 1 saturated heterocycles. The Morgan fingerprint density at radius 2 is 1.50 bits per heavy atom. The molecule has 148 valence electrons. The molecule has 0 spiro atoms. The van der Waals surface area contributed by atoms with Crippen molar-refractivity contribution in [2.45, 2.75) is 6.42 Å². The molecule has 1 aliphatic rings. The Kier molecular flexibility index (Phi) is 7.58. The summed E-state index contributed by atoms with van der Waals surface area (Å²) >= 11 is 0. The summed E-state index contributed by atoms with van der Waals surface area (Å²) < 4.78 is 5.32. The lowest BCUT2D eigenvalue weighted by Crippen LogP contribution is -2.41. The highest BCUT2D eigenvalue weighted by Crippen LogP contribution is 2.06. The van der Waals surface area contributed by atoms with Gasteiger partial charge in [0.25, 0.3) is 11.8 Å². The van der Waals surface area contributed by atoms with Crippen molar-refractivity contribution in [2.24, 2.45) is 0 Å². The number of hydrogen-bond acceptors (Lipinski definition) is 4. The first-order chi connectivity index (χ1) is 13.7. The zero-order valence-electron chi connectivity index (χ0n) is 16.0. The molecule has 0 aromatic heterocycles. The van der Waals surface area contributed by atoms with Crippen LogP contribution in [0, 0.1) is 0 Å². The normalized spacial score (nSPS) is 14.4. The highest BCUT2D eigenvalue weighted by atomic mass is 16.5. The molecule has 0 atom stereocenters. The lowest BCUT2D eigenvalue weighted by atomic mass is 10.1. The predicted molar refractivity (Wildman–Crippen MR) is 109 cm³/mol. The van der Waals surface area contributed by atoms with E-state index in [9.17, 15) is 9.59 Å². The van der Waals surface area contributed by atoms with Gasteiger partial charge in [-0.3, -0.25) is 14.5 Å². The van der Waals surface area contributed by atoms with Gasteiger partial charge in [0.15, 0.2) is 0 Å². The molecule has 6 nitrogen and oxygen atoms in total. The Morgan fingerprint density at radius 1 is 0.857 bits per heavy atom. The van der Waals surface area contributed by atoms with Crippen LogP contribution in [0.15, 0.2) is 54.6 Å². The first kappa shape index (κ1) is 20.0. The third-order valence-corrected chi connectivity index (χ3v) is 4.75. The number of morpholine rings is 1. The van der Waals surface area contributed by atoms with Gasteiger partial charge in [-0.25, -0.2) is 0 Å².